The lowest BCUT2D eigenvalue weighted by atomic mass is 9.97. The highest BCUT2D eigenvalue weighted by atomic mass is 19.4. The van der Waals surface area contributed by atoms with Gasteiger partial charge < -0.3 is 14.4 Å². The van der Waals surface area contributed by atoms with E-state index in [0.717, 1.165) is 6.07 Å². The number of nitrogens with zero attached hydrogens (tertiary/aromatic N) is 3. The van der Waals surface area contributed by atoms with E-state index in [9.17, 15) is 18.3 Å². The second-order valence-electron chi connectivity index (χ2n) is 5.96. The van der Waals surface area contributed by atoms with Gasteiger partial charge in [-0.15, -0.1) is 0 Å². The van der Waals surface area contributed by atoms with Gasteiger partial charge in [0.05, 0.1) is 18.2 Å². The molecule has 2 heterocycles. The van der Waals surface area contributed by atoms with Crippen LogP contribution in [0.4, 0.5) is 13.2 Å². The van der Waals surface area contributed by atoms with Gasteiger partial charge in [0, 0.05) is 19.7 Å². The second-order valence-corrected chi connectivity index (χ2v) is 5.96. The molecule has 1 N–H and O–H groups in total. The number of alkyl halides is 3. The van der Waals surface area contributed by atoms with E-state index in [1.165, 1.54) is 19.2 Å². The summed E-state index contributed by atoms with van der Waals surface area (Å²) in [6, 6.07) is 4.86. The van der Waals surface area contributed by atoms with Crippen molar-refractivity contribution < 1.29 is 27.5 Å². The van der Waals surface area contributed by atoms with E-state index in [-0.39, 0.29) is 31.7 Å². The predicted molar refractivity (Wildman–Crippen MR) is 80.2 cm³/mol. The van der Waals surface area contributed by atoms with Gasteiger partial charge >= 0.3 is 6.18 Å². The van der Waals surface area contributed by atoms with Crippen molar-refractivity contribution in [1.29, 1.82) is 0 Å². The van der Waals surface area contributed by atoms with E-state index in [1.54, 1.807) is 11.0 Å². The summed E-state index contributed by atoms with van der Waals surface area (Å²) >= 11 is 0. The lowest BCUT2D eigenvalue weighted by Gasteiger charge is -2.25. The summed E-state index contributed by atoms with van der Waals surface area (Å²) in [6.45, 7) is 0.585. The number of rotatable bonds is 5. The second kappa shape index (κ2) is 7.11. The van der Waals surface area contributed by atoms with E-state index in [0.29, 0.717) is 11.7 Å². The van der Waals surface area contributed by atoms with Gasteiger partial charge in [-0.1, -0.05) is 23.4 Å². The molecule has 0 aliphatic carbocycles. The van der Waals surface area contributed by atoms with Crippen LogP contribution in [0.25, 0.3) is 0 Å². The summed E-state index contributed by atoms with van der Waals surface area (Å²) in [6.07, 6.45) is -4.94. The maximum absolute atomic E-state index is 13.3. The molecule has 2 aromatic rings. The van der Waals surface area contributed by atoms with E-state index < -0.39 is 23.9 Å². The van der Waals surface area contributed by atoms with Crippen LogP contribution in [0.15, 0.2) is 28.8 Å². The van der Waals surface area contributed by atoms with Crippen LogP contribution in [0.2, 0.25) is 0 Å². The molecular formula is C16H18F3N3O3. The average Bonchev–Trinajstić information content (AvgIpc) is 3.14. The molecule has 1 aromatic carbocycles. The Kier molecular flexibility index (Phi) is 5.07. The smallest absolute Gasteiger partial charge is 0.392 e. The van der Waals surface area contributed by atoms with Crippen LogP contribution < -0.4 is 0 Å². The highest BCUT2D eigenvalue weighted by Gasteiger charge is 2.40. The molecule has 1 aliphatic heterocycles. The molecule has 3 rings (SSSR count). The van der Waals surface area contributed by atoms with Gasteiger partial charge in [-0.25, -0.2) is 0 Å². The topological polar surface area (TPSA) is 71.6 Å². The fraction of sp³-hybridized carbons (Fsp3) is 0.500. The standard InChI is InChI=1S/C16H18F3N3O3/c1-24-9-15-20-14(21-25-15)8-22-7-10(23)6-13(22)11-4-2-3-5-12(11)16(17,18)19/h2-5,10,13,23H,6-9H2,1H3. The van der Waals surface area contributed by atoms with Crippen molar-refractivity contribution in [3.8, 4) is 0 Å². The first kappa shape index (κ1) is 17.8. The summed E-state index contributed by atoms with van der Waals surface area (Å²) < 4.78 is 49.8. The predicted octanol–water partition coefficient (Wildman–Crippen LogP) is 2.54. The Morgan fingerprint density at radius 2 is 2.12 bits per heavy atom. The number of benzene rings is 1. The minimum atomic E-state index is -4.45. The van der Waals surface area contributed by atoms with Crippen molar-refractivity contribution in [3.05, 3.63) is 47.1 Å². The third-order valence-corrected chi connectivity index (χ3v) is 4.13. The van der Waals surface area contributed by atoms with Gasteiger partial charge in [0.25, 0.3) is 5.89 Å². The zero-order valence-corrected chi connectivity index (χ0v) is 13.5. The number of aromatic nitrogens is 2. The molecule has 136 valence electrons. The number of halogens is 3. The van der Waals surface area contributed by atoms with Crippen LogP contribution in [0.3, 0.4) is 0 Å². The van der Waals surface area contributed by atoms with Crippen molar-refractivity contribution in [2.24, 2.45) is 0 Å². The van der Waals surface area contributed by atoms with Crippen LogP contribution in [0.5, 0.6) is 0 Å². The fourth-order valence-corrected chi connectivity index (χ4v) is 3.14. The number of methoxy groups -OCH3 is 1. The van der Waals surface area contributed by atoms with Gasteiger partial charge in [0.2, 0.25) is 0 Å². The molecule has 2 atom stereocenters. The summed E-state index contributed by atoms with van der Waals surface area (Å²) in [7, 11) is 1.49. The first-order chi connectivity index (χ1) is 11.9. The van der Waals surface area contributed by atoms with Crippen LogP contribution in [0, 0.1) is 0 Å². The van der Waals surface area contributed by atoms with Crippen molar-refractivity contribution in [3.63, 3.8) is 0 Å². The maximum Gasteiger partial charge on any atom is 0.416 e. The Balaban J connectivity index is 1.85. The highest BCUT2D eigenvalue weighted by Crippen LogP contribution is 2.40. The van der Waals surface area contributed by atoms with E-state index in [2.05, 4.69) is 10.1 Å². The summed E-state index contributed by atoms with van der Waals surface area (Å²) in [5, 5.41) is 13.8. The maximum atomic E-state index is 13.3. The molecule has 1 saturated heterocycles. The molecule has 1 aliphatic rings. The van der Waals surface area contributed by atoms with Gasteiger partial charge in [-0.2, -0.15) is 18.2 Å². The largest absolute Gasteiger partial charge is 0.416 e. The van der Waals surface area contributed by atoms with Gasteiger partial charge in [0.1, 0.15) is 6.61 Å². The number of ether oxygens (including phenoxy) is 1. The first-order valence-electron chi connectivity index (χ1n) is 7.77. The Morgan fingerprint density at radius 3 is 2.84 bits per heavy atom. The van der Waals surface area contributed by atoms with E-state index in [1.807, 2.05) is 0 Å². The van der Waals surface area contributed by atoms with Crippen LogP contribution in [0.1, 0.15) is 35.3 Å². The van der Waals surface area contributed by atoms with Crippen LogP contribution in [-0.4, -0.2) is 39.9 Å². The van der Waals surface area contributed by atoms with Crippen molar-refractivity contribution in [1.82, 2.24) is 15.0 Å². The minimum absolute atomic E-state index is 0.146. The zero-order chi connectivity index (χ0) is 18.0. The number of β-amino-alcohol motifs (C(OH)–C–C–N with tert-alkyl or cyclic N) is 1. The van der Waals surface area contributed by atoms with Crippen molar-refractivity contribution in [2.75, 3.05) is 13.7 Å². The molecular weight excluding hydrogens is 339 g/mol. The summed E-state index contributed by atoms with van der Waals surface area (Å²) in [5.74, 6) is 0.639. The Morgan fingerprint density at radius 1 is 1.36 bits per heavy atom. The molecule has 0 bridgehead atoms. The number of hydrogen-bond donors (Lipinski definition) is 1. The number of aliphatic hydroxyl groups is 1. The monoisotopic (exact) mass is 357 g/mol. The molecule has 9 heteroatoms. The molecule has 1 fully saturated rings. The fourth-order valence-electron chi connectivity index (χ4n) is 3.14. The third kappa shape index (κ3) is 4.00. The minimum Gasteiger partial charge on any atom is -0.392 e. The highest BCUT2D eigenvalue weighted by molar-refractivity contribution is 5.33. The Bertz CT molecular complexity index is 720. The summed E-state index contributed by atoms with van der Waals surface area (Å²) in [4.78, 5) is 5.87. The molecule has 6 nitrogen and oxygen atoms in total. The first-order valence-corrected chi connectivity index (χ1v) is 7.77. The van der Waals surface area contributed by atoms with Crippen LogP contribution >= 0.6 is 0 Å². The van der Waals surface area contributed by atoms with Crippen LogP contribution in [-0.2, 0) is 24.1 Å². The Hall–Kier alpha value is -1.97. The van der Waals surface area contributed by atoms with Crippen molar-refractivity contribution >= 4 is 0 Å². The quantitative estimate of drug-likeness (QED) is 0.887. The van der Waals surface area contributed by atoms with Gasteiger partial charge in [0.15, 0.2) is 5.82 Å². The number of hydrogen-bond acceptors (Lipinski definition) is 6. The molecule has 25 heavy (non-hydrogen) atoms. The van der Waals surface area contributed by atoms with Crippen molar-refractivity contribution in [2.45, 2.75) is 37.9 Å². The van der Waals surface area contributed by atoms with E-state index in [4.69, 9.17) is 9.26 Å². The lowest BCUT2D eigenvalue weighted by Crippen LogP contribution is -2.26. The average molecular weight is 357 g/mol. The van der Waals surface area contributed by atoms with Gasteiger partial charge in [-0.05, 0) is 18.1 Å². The summed E-state index contributed by atoms with van der Waals surface area (Å²) in [5.41, 5.74) is -0.542. The number of aliphatic hydroxyl groups excluding tert-OH is 1. The molecule has 0 amide bonds. The van der Waals surface area contributed by atoms with Gasteiger partial charge in [-0.3, -0.25) is 4.90 Å². The molecule has 1 aromatic heterocycles. The third-order valence-electron chi connectivity index (χ3n) is 4.13. The lowest BCUT2D eigenvalue weighted by molar-refractivity contribution is -0.138. The molecule has 0 radical (unpaired) electrons. The molecule has 2 unspecified atom stereocenters. The Labute approximate surface area is 142 Å². The SMILES string of the molecule is COCc1nc(CN2CC(O)CC2c2ccccc2C(F)(F)F)no1. The molecule has 0 spiro atoms. The number of likely N-dealkylation sites (tertiary alicyclic amines) is 1. The van der Waals surface area contributed by atoms with E-state index >= 15 is 0 Å². The normalized spacial score (nSPS) is 21.8. The zero-order valence-electron chi connectivity index (χ0n) is 13.5. The molecule has 0 saturated carbocycles.